The summed E-state index contributed by atoms with van der Waals surface area (Å²) < 4.78 is 0. The SMILES string of the molecule is C=C1NC(=O)C2(C1=O)C(/C=C/C)C=CC(O)C2O. The van der Waals surface area contributed by atoms with E-state index in [0.29, 0.717) is 0 Å². The van der Waals surface area contributed by atoms with Gasteiger partial charge in [0.15, 0.2) is 11.2 Å². The number of hydrogen-bond acceptors (Lipinski definition) is 4. The highest BCUT2D eigenvalue weighted by Crippen LogP contribution is 2.44. The molecule has 1 fully saturated rings. The Kier molecular flexibility index (Phi) is 2.96. The van der Waals surface area contributed by atoms with Gasteiger partial charge in [-0.1, -0.05) is 30.9 Å². The van der Waals surface area contributed by atoms with E-state index in [9.17, 15) is 19.8 Å². The van der Waals surface area contributed by atoms with Crippen LogP contribution in [0, 0.1) is 11.3 Å². The molecule has 0 aromatic rings. The fourth-order valence-electron chi connectivity index (χ4n) is 2.60. The standard InChI is InChI=1S/C13H15NO4/c1-3-4-8-5-6-9(15)11(17)13(8)10(16)7(2)14-12(13)18/h3-6,8-9,11,15,17H,2H2,1H3,(H,14,18)/b4-3+. The molecule has 3 N–H and O–H groups in total. The van der Waals surface area contributed by atoms with Crippen molar-refractivity contribution in [3.8, 4) is 0 Å². The fraction of sp³-hybridized carbons (Fsp3) is 0.385. The molecule has 1 spiro atoms. The molecule has 2 rings (SSSR count). The van der Waals surface area contributed by atoms with Crippen LogP contribution in [0.5, 0.6) is 0 Å². The molecular formula is C13H15NO4. The Labute approximate surface area is 104 Å². The summed E-state index contributed by atoms with van der Waals surface area (Å²) in [5.74, 6) is -1.77. The number of Topliss-reactive ketones (excluding diaryl/α,β-unsaturated/α-hetero) is 1. The van der Waals surface area contributed by atoms with Gasteiger partial charge in [0.05, 0.1) is 11.8 Å². The molecule has 0 aromatic carbocycles. The van der Waals surface area contributed by atoms with Gasteiger partial charge in [-0.25, -0.2) is 0 Å². The maximum atomic E-state index is 12.2. The Morgan fingerprint density at radius 3 is 2.56 bits per heavy atom. The number of aliphatic hydroxyl groups excluding tert-OH is 2. The van der Waals surface area contributed by atoms with Gasteiger partial charge in [-0.15, -0.1) is 0 Å². The summed E-state index contributed by atoms with van der Waals surface area (Å²) in [6.45, 7) is 5.22. The van der Waals surface area contributed by atoms with Crippen LogP contribution in [0.1, 0.15) is 6.92 Å². The molecule has 0 bridgehead atoms. The molecule has 96 valence electrons. The number of hydrogen-bond donors (Lipinski definition) is 3. The molecule has 1 heterocycles. The Morgan fingerprint density at radius 1 is 1.39 bits per heavy atom. The Hall–Kier alpha value is -1.72. The summed E-state index contributed by atoms with van der Waals surface area (Å²) in [6.07, 6.45) is 3.59. The first-order valence-corrected chi connectivity index (χ1v) is 5.68. The van der Waals surface area contributed by atoms with E-state index < -0.39 is 35.2 Å². The molecule has 5 nitrogen and oxygen atoms in total. The van der Waals surface area contributed by atoms with Crippen LogP contribution < -0.4 is 5.32 Å². The lowest BCUT2D eigenvalue weighted by Crippen LogP contribution is -2.56. The predicted octanol–water partition coefficient (Wildman–Crippen LogP) is -0.331. The van der Waals surface area contributed by atoms with Crippen molar-refractivity contribution in [1.82, 2.24) is 5.32 Å². The molecule has 0 saturated carbocycles. The van der Waals surface area contributed by atoms with Gasteiger partial charge >= 0.3 is 0 Å². The Balaban J connectivity index is 2.62. The minimum absolute atomic E-state index is 0.0453. The van der Waals surface area contributed by atoms with E-state index in [2.05, 4.69) is 11.9 Å². The van der Waals surface area contributed by atoms with E-state index in [0.717, 1.165) is 0 Å². The lowest BCUT2D eigenvalue weighted by Gasteiger charge is -2.38. The first-order valence-electron chi connectivity index (χ1n) is 5.68. The lowest BCUT2D eigenvalue weighted by atomic mass is 9.64. The smallest absolute Gasteiger partial charge is 0.242 e. The van der Waals surface area contributed by atoms with Crippen molar-refractivity contribution in [1.29, 1.82) is 0 Å². The summed E-state index contributed by atoms with van der Waals surface area (Å²) in [6, 6.07) is 0. The molecule has 0 aromatic heterocycles. The first-order chi connectivity index (χ1) is 8.46. The van der Waals surface area contributed by atoms with Crippen LogP contribution in [0.4, 0.5) is 0 Å². The number of aliphatic hydroxyl groups is 2. The molecule has 4 atom stereocenters. The summed E-state index contributed by atoms with van der Waals surface area (Å²) in [5, 5.41) is 22.2. The average molecular weight is 249 g/mol. The third-order valence-electron chi connectivity index (χ3n) is 3.52. The number of allylic oxidation sites excluding steroid dienone is 4. The molecule has 1 saturated heterocycles. The zero-order chi connectivity index (χ0) is 13.5. The Bertz CT molecular complexity index is 479. The lowest BCUT2D eigenvalue weighted by molar-refractivity contribution is -0.151. The van der Waals surface area contributed by atoms with Crippen LogP contribution >= 0.6 is 0 Å². The quantitative estimate of drug-likeness (QED) is 0.337. The van der Waals surface area contributed by atoms with Crippen LogP contribution in [0.25, 0.3) is 0 Å². The first kappa shape index (κ1) is 12.7. The zero-order valence-corrected chi connectivity index (χ0v) is 9.96. The van der Waals surface area contributed by atoms with Crippen LogP contribution in [-0.2, 0) is 9.59 Å². The summed E-state index contributed by atoms with van der Waals surface area (Å²) in [4.78, 5) is 24.3. The highest BCUT2D eigenvalue weighted by atomic mass is 16.3. The van der Waals surface area contributed by atoms with Crippen LogP contribution in [0.2, 0.25) is 0 Å². The topological polar surface area (TPSA) is 86.6 Å². The van der Waals surface area contributed by atoms with Crippen molar-refractivity contribution in [2.24, 2.45) is 11.3 Å². The van der Waals surface area contributed by atoms with Gasteiger partial charge in [-0.3, -0.25) is 9.59 Å². The zero-order valence-electron chi connectivity index (χ0n) is 9.96. The van der Waals surface area contributed by atoms with Crippen LogP contribution in [-0.4, -0.2) is 34.1 Å². The molecule has 1 amide bonds. The van der Waals surface area contributed by atoms with Gasteiger partial charge in [-0.2, -0.15) is 0 Å². The third kappa shape index (κ3) is 1.41. The molecule has 1 aliphatic carbocycles. The normalized spacial score (nSPS) is 39.9. The molecule has 18 heavy (non-hydrogen) atoms. The van der Waals surface area contributed by atoms with Gasteiger partial charge in [0.2, 0.25) is 5.91 Å². The predicted molar refractivity (Wildman–Crippen MR) is 64.2 cm³/mol. The number of rotatable bonds is 1. The van der Waals surface area contributed by atoms with E-state index in [1.165, 1.54) is 6.08 Å². The van der Waals surface area contributed by atoms with Crippen molar-refractivity contribution >= 4 is 11.7 Å². The average Bonchev–Trinajstić information content (AvgIpc) is 2.54. The summed E-state index contributed by atoms with van der Waals surface area (Å²) in [5.41, 5.74) is -1.74. The minimum Gasteiger partial charge on any atom is -0.388 e. The van der Waals surface area contributed by atoms with Gasteiger partial charge < -0.3 is 15.5 Å². The largest absolute Gasteiger partial charge is 0.388 e. The van der Waals surface area contributed by atoms with Crippen molar-refractivity contribution in [3.63, 3.8) is 0 Å². The van der Waals surface area contributed by atoms with E-state index >= 15 is 0 Å². The van der Waals surface area contributed by atoms with Gasteiger partial charge in [-0.05, 0) is 6.92 Å². The van der Waals surface area contributed by atoms with E-state index in [1.54, 1.807) is 25.2 Å². The maximum absolute atomic E-state index is 12.2. The number of ketones is 1. The third-order valence-corrected chi connectivity index (χ3v) is 3.52. The number of carbonyl (C=O) groups excluding carboxylic acids is 2. The molecule has 0 radical (unpaired) electrons. The fourth-order valence-corrected chi connectivity index (χ4v) is 2.60. The summed E-state index contributed by atoms with van der Waals surface area (Å²) in [7, 11) is 0. The second-order valence-corrected chi connectivity index (χ2v) is 4.50. The van der Waals surface area contributed by atoms with Crippen molar-refractivity contribution < 1.29 is 19.8 Å². The number of carbonyl (C=O) groups is 2. The number of amides is 1. The highest BCUT2D eigenvalue weighted by Gasteiger charge is 2.62. The maximum Gasteiger partial charge on any atom is 0.242 e. The molecule has 2 aliphatic rings. The van der Waals surface area contributed by atoms with Crippen molar-refractivity contribution in [3.05, 3.63) is 36.6 Å². The van der Waals surface area contributed by atoms with Gasteiger partial charge in [0, 0.05) is 5.92 Å². The molecule has 4 unspecified atom stereocenters. The minimum atomic E-state index is -1.70. The molecule has 5 heteroatoms. The number of nitrogens with one attached hydrogen (secondary N) is 1. The van der Waals surface area contributed by atoms with Gasteiger partial charge in [0.25, 0.3) is 0 Å². The monoisotopic (exact) mass is 249 g/mol. The van der Waals surface area contributed by atoms with Crippen LogP contribution in [0.15, 0.2) is 36.6 Å². The van der Waals surface area contributed by atoms with Crippen molar-refractivity contribution in [2.75, 3.05) is 0 Å². The Morgan fingerprint density at radius 2 is 2.06 bits per heavy atom. The van der Waals surface area contributed by atoms with Gasteiger partial charge in [0.1, 0.15) is 6.10 Å². The van der Waals surface area contributed by atoms with Crippen LogP contribution in [0.3, 0.4) is 0 Å². The van der Waals surface area contributed by atoms with Crippen molar-refractivity contribution in [2.45, 2.75) is 19.1 Å². The van der Waals surface area contributed by atoms with E-state index in [1.807, 2.05) is 0 Å². The molecular weight excluding hydrogens is 234 g/mol. The molecule has 1 aliphatic heterocycles. The highest BCUT2D eigenvalue weighted by molar-refractivity contribution is 6.21. The van der Waals surface area contributed by atoms with E-state index in [4.69, 9.17) is 0 Å². The second-order valence-electron chi connectivity index (χ2n) is 4.50. The summed E-state index contributed by atoms with van der Waals surface area (Å²) >= 11 is 0. The van der Waals surface area contributed by atoms with E-state index in [-0.39, 0.29) is 5.70 Å². The second kappa shape index (κ2) is 4.19.